The third kappa shape index (κ3) is 3.55. The summed E-state index contributed by atoms with van der Waals surface area (Å²) in [5.41, 5.74) is 1.50. The van der Waals surface area contributed by atoms with Gasteiger partial charge >= 0.3 is 5.97 Å². The fraction of sp³-hybridized carbons (Fsp3) is 0.417. The van der Waals surface area contributed by atoms with Gasteiger partial charge in [-0.3, -0.25) is 0 Å². The molecule has 0 fully saturated rings. The molecular formula is C12H17NO3. The summed E-state index contributed by atoms with van der Waals surface area (Å²) < 4.78 is 10.1. The van der Waals surface area contributed by atoms with Gasteiger partial charge in [0, 0.05) is 19.8 Å². The van der Waals surface area contributed by atoms with Crippen molar-refractivity contribution in [3.63, 3.8) is 0 Å². The zero-order chi connectivity index (χ0) is 12.0. The molecule has 0 aliphatic heterocycles. The quantitative estimate of drug-likeness (QED) is 0.775. The van der Waals surface area contributed by atoms with Crippen LogP contribution in [0.3, 0.4) is 0 Å². The van der Waals surface area contributed by atoms with Crippen LogP contribution in [-0.4, -0.2) is 32.8 Å². The molecule has 1 N–H and O–H groups in total. The van der Waals surface area contributed by atoms with Crippen molar-refractivity contribution in [1.82, 2.24) is 0 Å². The van der Waals surface area contributed by atoms with Crippen molar-refractivity contribution in [2.45, 2.75) is 13.0 Å². The fourth-order valence-electron chi connectivity index (χ4n) is 1.29. The van der Waals surface area contributed by atoms with E-state index in [0.717, 1.165) is 5.69 Å². The number of anilines is 1. The summed E-state index contributed by atoms with van der Waals surface area (Å²) in [4.78, 5) is 11.6. The normalized spacial score (nSPS) is 11.9. The minimum absolute atomic E-state index is 0.235. The molecule has 1 rings (SSSR count). The highest BCUT2D eigenvalue weighted by Crippen LogP contribution is 2.10. The second-order valence-electron chi connectivity index (χ2n) is 3.50. The largest absolute Gasteiger partial charge is 0.457 e. The van der Waals surface area contributed by atoms with Gasteiger partial charge in [0.05, 0.1) is 12.2 Å². The highest BCUT2D eigenvalue weighted by atomic mass is 16.6. The molecule has 4 nitrogen and oxygen atoms in total. The van der Waals surface area contributed by atoms with Gasteiger partial charge in [-0.2, -0.15) is 0 Å². The van der Waals surface area contributed by atoms with E-state index in [9.17, 15) is 4.79 Å². The average Bonchev–Trinajstić information content (AvgIpc) is 2.29. The number of ether oxygens (including phenoxy) is 2. The molecule has 4 heteroatoms. The summed E-state index contributed by atoms with van der Waals surface area (Å²) >= 11 is 0. The maximum absolute atomic E-state index is 11.6. The monoisotopic (exact) mass is 223 g/mol. The molecular weight excluding hydrogens is 206 g/mol. The van der Waals surface area contributed by atoms with E-state index >= 15 is 0 Å². The molecule has 0 heterocycles. The molecule has 1 unspecified atom stereocenters. The Hall–Kier alpha value is -1.55. The van der Waals surface area contributed by atoms with Gasteiger partial charge in [0.2, 0.25) is 0 Å². The standard InChI is InChI=1S/C12H17NO3/c1-9(8-15-3)16-12(14)10-4-6-11(13-2)7-5-10/h4-7,9,13H,8H2,1-3H3. The Morgan fingerprint density at radius 1 is 1.38 bits per heavy atom. The Labute approximate surface area is 95.6 Å². The molecule has 1 atom stereocenters. The molecule has 1 aromatic carbocycles. The summed E-state index contributed by atoms with van der Waals surface area (Å²) in [6, 6.07) is 7.12. The number of nitrogens with one attached hydrogen (secondary N) is 1. The number of hydrogen-bond acceptors (Lipinski definition) is 4. The number of esters is 1. The number of carbonyl (C=O) groups is 1. The van der Waals surface area contributed by atoms with Crippen LogP contribution in [0.1, 0.15) is 17.3 Å². The van der Waals surface area contributed by atoms with Gasteiger partial charge in [-0.25, -0.2) is 4.79 Å². The van der Waals surface area contributed by atoms with Crippen LogP contribution in [0, 0.1) is 0 Å². The third-order valence-corrected chi connectivity index (χ3v) is 2.12. The Morgan fingerprint density at radius 2 is 2.00 bits per heavy atom. The minimum atomic E-state index is -0.327. The maximum Gasteiger partial charge on any atom is 0.338 e. The first kappa shape index (κ1) is 12.5. The lowest BCUT2D eigenvalue weighted by molar-refractivity contribution is 0.0120. The molecule has 0 saturated carbocycles. The summed E-state index contributed by atoms with van der Waals surface area (Å²) in [6.07, 6.45) is -0.235. The van der Waals surface area contributed by atoms with Crippen LogP contribution in [0.4, 0.5) is 5.69 Å². The molecule has 0 saturated heterocycles. The number of benzene rings is 1. The van der Waals surface area contributed by atoms with E-state index in [2.05, 4.69) is 5.32 Å². The van der Waals surface area contributed by atoms with Gasteiger partial charge in [0.15, 0.2) is 0 Å². The Morgan fingerprint density at radius 3 is 2.50 bits per heavy atom. The first-order chi connectivity index (χ1) is 7.67. The Kier molecular flexibility index (Phi) is 4.79. The minimum Gasteiger partial charge on any atom is -0.457 e. The van der Waals surface area contributed by atoms with E-state index in [0.29, 0.717) is 12.2 Å². The molecule has 0 aliphatic rings. The SMILES string of the molecule is CNc1ccc(C(=O)OC(C)COC)cc1. The predicted molar refractivity (Wildman–Crippen MR) is 62.7 cm³/mol. The van der Waals surface area contributed by atoms with Crippen molar-refractivity contribution in [2.75, 3.05) is 26.1 Å². The second-order valence-corrected chi connectivity index (χ2v) is 3.50. The summed E-state index contributed by atoms with van der Waals surface area (Å²) in [5.74, 6) is -0.327. The molecule has 0 radical (unpaired) electrons. The molecule has 0 spiro atoms. The van der Waals surface area contributed by atoms with E-state index in [1.807, 2.05) is 19.2 Å². The lowest BCUT2D eigenvalue weighted by Gasteiger charge is -2.12. The highest BCUT2D eigenvalue weighted by molar-refractivity contribution is 5.89. The van der Waals surface area contributed by atoms with Crippen molar-refractivity contribution in [3.05, 3.63) is 29.8 Å². The zero-order valence-corrected chi connectivity index (χ0v) is 9.82. The number of carbonyl (C=O) groups excluding carboxylic acids is 1. The van der Waals surface area contributed by atoms with Crippen LogP contribution in [0.2, 0.25) is 0 Å². The van der Waals surface area contributed by atoms with Gasteiger partial charge in [0.25, 0.3) is 0 Å². The number of hydrogen-bond donors (Lipinski definition) is 1. The van der Waals surface area contributed by atoms with Gasteiger partial charge < -0.3 is 14.8 Å². The van der Waals surface area contributed by atoms with Crippen molar-refractivity contribution in [1.29, 1.82) is 0 Å². The van der Waals surface area contributed by atoms with E-state index in [4.69, 9.17) is 9.47 Å². The van der Waals surface area contributed by atoms with Crippen molar-refractivity contribution >= 4 is 11.7 Å². The van der Waals surface area contributed by atoms with E-state index < -0.39 is 0 Å². The lowest BCUT2D eigenvalue weighted by Crippen LogP contribution is -2.19. The Bertz CT molecular complexity index is 335. The highest BCUT2D eigenvalue weighted by Gasteiger charge is 2.11. The van der Waals surface area contributed by atoms with Crippen LogP contribution >= 0.6 is 0 Å². The topological polar surface area (TPSA) is 47.6 Å². The van der Waals surface area contributed by atoms with Gasteiger partial charge in [-0.15, -0.1) is 0 Å². The van der Waals surface area contributed by atoms with Crippen molar-refractivity contribution in [3.8, 4) is 0 Å². The molecule has 0 aliphatic carbocycles. The lowest BCUT2D eigenvalue weighted by atomic mass is 10.2. The van der Waals surface area contributed by atoms with Crippen molar-refractivity contribution < 1.29 is 14.3 Å². The van der Waals surface area contributed by atoms with Gasteiger partial charge in [0.1, 0.15) is 6.10 Å². The van der Waals surface area contributed by atoms with Crippen LogP contribution < -0.4 is 5.32 Å². The molecule has 0 aromatic heterocycles. The predicted octanol–water partition coefficient (Wildman–Crippen LogP) is 1.92. The fourth-order valence-corrected chi connectivity index (χ4v) is 1.29. The maximum atomic E-state index is 11.6. The van der Waals surface area contributed by atoms with Crippen molar-refractivity contribution in [2.24, 2.45) is 0 Å². The van der Waals surface area contributed by atoms with E-state index in [-0.39, 0.29) is 12.1 Å². The first-order valence-corrected chi connectivity index (χ1v) is 5.15. The van der Waals surface area contributed by atoms with Gasteiger partial charge in [-0.05, 0) is 31.2 Å². The summed E-state index contributed by atoms with van der Waals surface area (Å²) in [6.45, 7) is 2.20. The number of methoxy groups -OCH3 is 1. The second kappa shape index (κ2) is 6.12. The van der Waals surface area contributed by atoms with Crippen LogP contribution in [0.5, 0.6) is 0 Å². The Balaban J connectivity index is 2.59. The molecule has 0 amide bonds. The first-order valence-electron chi connectivity index (χ1n) is 5.15. The molecule has 0 bridgehead atoms. The molecule has 16 heavy (non-hydrogen) atoms. The smallest absolute Gasteiger partial charge is 0.338 e. The molecule has 88 valence electrons. The van der Waals surface area contributed by atoms with E-state index in [1.165, 1.54) is 0 Å². The number of rotatable bonds is 5. The van der Waals surface area contributed by atoms with Crippen LogP contribution in [0.15, 0.2) is 24.3 Å². The van der Waals surface area contributed by atoms with E-state index in [1.54, 1.807) is 26.2 Å². The van der Waals surface area contributed by atoms with Gasteiger partial charge in [-0.1, -0.05) is 0 Å². The van der Waals surface area contributed by atoms with Crippen LogP contribution in [-0.2, 0) is 9.47 Å². The third-order valence-electron chi connectivity index (χ3n) is 2.12. The van der Waals surface area contributed by atoms with Crippen LogP contribution in [0.25, 0.3) is 0 Å². The summed E-state index contributed by atoms with van der Waals surface area (Å²) in [5, 5.41) is 2.98. The molecule has 1 aromatic rings. The summed E-state index contributed by atoms with van der Waals surface area (Å²) in [7, 11) is 3.40. The zero-order valence-electron chi connectivity index (χ0n) is 9.82. The average molecular weight is 223 g/mol.